The van der Waals surface area contributed by atoms with Crippen LogP contribution < -0.4 is 0 Å². The van der Waals surface area contributed by atoms with Crippen molar-refractivity contribution in [1.82, 2.24) is 19.5 Å². The summed E-state index contributed by atoms with van der Waals surface area (Å²) in [7, 11) is -16.9. The van der Waals surface area contributed by atoms with Gasteiger partial charge in [-0.1, -0.05) is 5.92 Å². The Bertz CT molecular complexity index is 1270. The van der Waals surface area contributed by atoms with Crippen molar-refractivity contribution in [2.45, 2.75) is 44.0 Å². The van der Waals surface area contributed by atoms with Gasteiger partial charge in [0.05, 0.1) is 18.6 Å². The Morgan fingerprint density at radius 3 is 2.44 bits per heavy atom. The van der Waals surface area contributed by atoms with Crippen molar-refractivity contribution in [2.75, 3.05) is 0 Å². The lowest BCUT2D eigenvalue weighted by atomic mass is 9.93. The fourth-order valence-corrected chi connectivity index (χ4v) is 6.38. The molecule has 34 heavy (non-hydrogen) atoms. The van der Waals surface area contributed by atoms with E-state index in [1.165, 1.54) is 17.1 Å². The van der Waals surface area contributed by atoms with Gasteiger partial charge in [0.2, 0.25) is 0 Å². The van der Waals surface area contributed by atoms with Crippen LogP contribution in [0, 0.1) is 19.3 Å². The first-order valence-corrected chi connectivity index (χ1v) is 13.5. The third-order valence-electron chi connectivity index (χ3n) is 4.52. The Kier molecular flexibility index (Phi) is 7.24. The lowest BCUT2D eigenvalue weighted by Gasteiger charge is -2.27. The van der Waals surface area contributed by atoms with Gasteiger partial charge >= 0.3 is 23.5 Å². The largest absolute Gasteiger partial charge is 0.490 e. The number of aliphatic hydroxyl groups excluding tert-OH is 1. The SMILES string of the molecule is C#CC1(O)[C@@H](O)[C@@H]([C@H](C)OP(=O)(O)OP(=O)(O)OP(=O)(O)O)O[C@H]1n1cnc2cnc(C)nc21. The van der Waals surface area contributed by atoms with E-state index in [2.05, 4.69) is 28.1 Å². The molecule has 0 aliphatic carbocycles. The van der Waals surface area contributed by atoms with Gasteiger partial charge in [-0.15, -0.1) is 6.42 Å². The number of nitrogens with zero attached hydrogens (tertiary/aromatic N) is 4. The second kappa shape index (κ2) is 9.12. The first-order valence-electron chi connectivity index (χ1n) is 9.00. The van der Waals surface area contributed by atoms with Crippen LogP contribution in [0.25, 0.3) is 11.2 Å². The van der Waals surface area contributed by atoms with Gasteiger partial charge in [0.25, 0.3) is 0 Å². The molecular formula is C14H19N4O13P3. The second-order valence-corrected chi connectivity index (χ2v) is 11.4. The van der Waals surface area contributed by atoms with Crippen molar-refractivity contribution < 1.29 is 61.4 Å². The Hall–Kier alpha value is -1.60. The molecule has 188 valence electrons. The highest BCUT2D eigenvalue weighted by atomic mass is 31.3. The van der Waals surface area contributed by atoms with Crippen LogP contribution in [0.3, 0.4) is 0 Å². The van der Waals surface area contributed by atoms with Crippen LogP contribution in [0.15, 0.2) is 12.5 Å². The Labute approximate surface area is 190 Å². The number of fused-ring (bicyclic) bond motifs is 1. The summed E-state index contributed by atoms with van der Waals surface area (Å²) in [6.07, 6.45) is 1.27. The quantitative estimate of drug-likeness (QED) is 0.181. The molecule has 0 saturated carbocycles. The minimum Gasteiger partial charge on any atom is -0.386 e. The molecule has 17 nitrogen and oxygen atoms in total. The van der Waals surface area contributed by atoms with E-state index < -0.39 is 53.6 Å². The summed E-state index contributed by atoms with van der Waals surface area (Å²) in [4.78, 5) is 48.4. The first kappa shape index (κ1) is 27.0. The average Bonchev–Trinajstić information content (AvgIpc) is 3.17. The number of ether oxygens (including phenoxy) is 1. The normalized spacial score (nSPS) is 29.9. The van der Waals surface area contributed by atoms with Gasteiger partial charge in [0, 0.05) is 0 Å². The van der Waals surface area contributed by atoms with Gasteiger partial charge in [0.15, 0.2) is 17.5 Å². The number of phosphoric ester groups is 1. The van der Waals surface area contributed by atoms with Crippen LogP contribution in [0.4, 0.5) is 0 Å². The van der Waals surface area contributed by atoms with Crippen LogP contribution in [0.2, 0.25) is 0 Å². The fraction of sp³-hybridized carbons (Fsp3) is 0.500. The van der Waals surface area contributed by atoms with Gasteiger partial charge in [-0.05, 0) is 13.8 Å². The molecule has 0 amide bonds. The number of aromatic nitrogens is 4. The first-order chi connectivity index (χ1) is 15.5. The van der Waals surface area contributed by atoms with E-state index >= 15 is 0 Å². The zero-order valence-corrected chi connectivity index (χ0v) is 19.9. The standard InChI is InChI=1S/C14H19N4O13P3/c1-4-14(20)11(19)10(7(2)29-33(24,25)31-34(26,27)30-32(21,22)23)28-13(14)18-6-16-9-5-15-8(3)17-12(9)18/h1,5-7,10-11,13,19-20H,2-3H3,(H,24,25)(H,26,27)(H2,21,22,23)/t7-,10+,11-,13+,14?/m0/s1. The Morgan fingerprint density at radius 2 is 1.85 bits per heavy atom. The average molecular weight is 544 g/mol. The molecule has 0 radical (unpaired) electrons. The third kappa shape index (κ3) is 5.62. The van der Waals surface area contributed by atoms with Crippen molar-refractivity contribution in [3.05, 3.63) is 18.3 Å². The maximum absolute atomic E-state index is 12.1. The Morgan fingerprint density at radius 1 is 1.21 bits per heavy atom. The molecule has 1 fully saturated rings. The molecule has 3 rings (SSSR count). The third-order valence-corrected chi connectivity index (χ3v) is 8.45. The number of aryl methyl sites for hydroxylation is 1. The Balaban J connectivity index is 1.85. The topological polar surface area (TPSA) is 253 Å². The molecule has 2 aromatic heterocycles. The van der Waals surface area contributed by atoms with E-state index in [4.69, 9.17) is 20.9 Å². The highest BCUT2D eigenvalue weighted by molar-refractivity contribution is 7.66. The predicted octanol–water partition coefficient (Wildman–Crippen LogP) is -0.511. The van der Waals surface area contributed by atoms with Gasteiger partial charge in [-0.2, -0.15) is 8.62 Å². The van der Waals surface area contributed by atoms with Crippen molar-refractivity contribution in [2.24, 2.45) is 0 Å². The molecule has 6 N–H and O–H groups in total. The van der Waals surface area contributed by atoms with Crippen molar-refractivity contribution in [3.8, 4) is 12.3 Å². The van der Waals surface area contributed by atoms with Gasteiger partial charge in [-0.25, -0.2) is 28.6 Å². The highest BCUT2D eigenvalue weighted by Crippen LogP contribution is 2.66. The number of hydrogen-bond donors (Lipinski definition) is 6. The lowest BCUT2D eigenvalue weighted by Crippen LogP contribution is -2.47. The smallest absolute Gasteiger partial charge is 0.386 e. The summed E-state index contributed by atoms with van der Waals surface area (Å²) < 4.78 is 53.1. The van der Waals surface area contributed by atoms with Crippen LogP contribution in [0.5, 0.6) is 0 Å². The van der Waals surface area contributed by atoms with Crippen molar-refractivity contribution in [1.29, 1.82) is 0 Å². The van der Waals surface area contributed by atoms with E-state index in [-0.39, 0.29) is 5.65 Å². The van der Waals surface area contributed by atoms with Gasteiger partial charge in [0.1, 0.15) is 23.5 Å². The summed E-state index contributed by atoms with van der Waals surface area (Å²) in [6, 6.07) is 0. The van der Waals surface area contributed by atoms with Crippen molar-refractivity contribution in [3.63, 3.8) is 0 Å². The molecule has 0 aromatic carbocycles. The summed E-state index contributed by atoms with van der Waals surface area (Å²) >= 11 is 0. The minimum absolute atomic E-state index is 0.180. The van der Waals surface area contributed by atoms with Crippen molar-refractivity contribution >= 4 is 34.6 Å². The summed E-state index contributed by atoms with van der Waals surface area (Å²) in [5.41, 5.74) is -1.95. The lowest BCUT2D eigenvalue weighted by molar-refractivity contribution is -0.0831. The minimum atomic E-state index is -5.77. The van der Waals surface area contributed by atoms with E-state index in [9.17, 15) is 33.7 Å². The van der Waals surface area contributed by atoms with E-state index in [1.807, 2.05) is 5.92 Å². The van der Waals surface area contributed by atoms with E-state index in [0.29, 0.717) is 11.3 Å². The number of aliphatic hydroxyl groups is 2. The number of imidazole rings is 1. The van der Waals surface area contributed by atoms with Gasteiger partial charge in [-0.3, -0.25) is 9.09 Å². The monoisotopic (exact) mass is 544 g/mol. The molecule has 1 aliphatic rings. The molecule has 1 saturated heterocycles. The van der Waals surface area contributed by atoms with Gasteiger partial charge < -0.3 is 34.5 Å². The molecule has 3 unspecified atom stereocenters. The summed E-state index contributed by atoms with van der Waals surface area (Å²) in [6.45, 7) is 2.64. The molecule has 3 heterocycles. The van der Waals surface area contributed by atoms with E-state index in [0.717, 1.165) is 6.92 Å². The summed E-state index contributed by atoms with van der Waals surface area (Å²) in [5.74, 6) is 2.34. The molecule has 2 aromatic rings. The molecule has 20 heteroatoms. The summed E-state index contributed by atoms with van der Waals surface area (Å²) in [5, 5.41) is 21.6. The number of terminal acetylenes is 1. The number of phosphoric acid groups is 3. The highest BCUT2D eigenvalue weighted by Gasteiger charge is 2.58. The maximum Gasteiger partial charge on any atom is 0.490 e. The molecule has 7 atom stereocenters. The predicted molar refractivity (Wildman–Crippen MR) is 108 cm³/mol. The van der Waals surface area contributed by atoms with E-state index in [1.54, 1.807) is 6.92 Å². The molecular weight excluding hydrogens is 525 g/mol. The number of rotatable bonds is 8. The van der Waals surface area contributed by atoms with Crippen LogP contribution in [-0.4, -0.2) is 73.2 Å². The number of hydrogen-bond acceptors (Lipinski definition) is 12. The zero-order valence-electron chi connectivity index (χ0n) is 17.2. The second-order valence-electron chi connectivity index (χ2n) is 7.05. The van der Waals surface area contributed by atoms with Crippen LogP contribution >= 0.6 is 23.5 Å². The molecule has 0 bridgehead atoms. The molecule has 1 aliphatic heterocycles. The molecule has 0 spiro atoms. The zero-order chi connectivity index (χ0) is 25.7. The van der Waals surface area contributed by atoms with Crippen LogP contribution in [-0.2, 0) is 31.6 Å². The maximum atomic E-state index is 12.1. The fourth-order valence-electron chi connectivity index (χ4n) is 3.18. The van der Waals surface area contributed by atoms with Crippen LogP contribution in [0.1, 0.15) is 19.0 Å².